The summed E-state index contributed by atoms with van der Waals surface area (Å²) < 4.78 is 0. The molecule has 3 aliphatic rings. The number of nitrogens with zero attached hydrogens (tertiary/aromatic N) is 1. The summed E-state index contributed by atoms with van der Waals surface area (Å²) in [5.41, 5.74) is 3.48. The van der Waals surface area contributed by atoms with Crippen LogP contribution in [-0.4, -0.2) is 12.6 Å². The Hall–Kier alpha value is -1.50. The molecule has 0 N–H and O–H groups in total. The third-order valence-electron chi connectivity index (χ3n) is 4.40. The molecular formula is C14H13N. The molecule has 0 spiro atoms. The van der Waals surface area contributed by atoms with Gasteiger partial charge in [-0.2, -0.15) is 0 Å². The maximum absolute atomic E-state index is 2.45. The van der Waals surface area contributed by atoms with Crippen LogP contribution in [0.1, 0.15) is 12.0 Å². The zero-order valence-electron chi connectivity index (χ0n) is 8.77. The van der Waals surface area contributed by atoms with Crippen LogP contribution >= 0.6 is 0 Å². The van der Waals surface area contributed by atoms with E-state index in [0.717, 1.165) is 0 Å². The quantitative estimate of drug-likeness (QED) is 0.615. The summed E-state index contributed by atoms with van der Waals surface area (Å²) in [5, 5.41) is 0. The Kier molecular flexibility index (Phi) is 1.05. The van der Waals surface area contributed by atoms with Gasteiger partial charge in [-0.15, -0.1) is 0 Å². The van der Waals surface area contributed by atoms with E-state index in [1.807, 2.05) is 0 Å². The lowest BCUT2D eigenvalue weighted by atomic mass is 9.90. The molecule has 1 fully saturated rings. The Morgan fingerprint density at radius 1 is 1.13 bits per heavy atom. The highest BCUT2D eigenvalue weighted by Gasteiger charge is 2.72. The van der Waals surface area contributed by atoms with Crippen molar-refractivity contribution in [3.63, 3.8) is 0 Å². The third kappa shape index (κ3) is 0.611. The Bertz CT molecular complexity index is 514. The maximum atomic E-state index is 2.45. The monoisotopic (exact) mass is 195 g/mol. The van der Waals surface area contributed by atoms with Crippen LogP contribution in [-0.2, 0) is 5.41 Å². The van der Waals surface area contributed by atoms with Gasteiger partial charge in [-0.1, -0.05) is 42.5 Å². The van der Waals surface area contributed by atoms with E-state index < -0.39 is 0 Å². The molecule has 1 heteroatoms. The van der Waals surface area contributed by atoms with Gasteiger partial charge < -0.3 is 4.90 Å². The molecule has 0 radical (unpaired) electrons. The van der Waals surface area contributed by atoms with Crippen LogP contribution in [0.15, 0.2) is 48.6 Å². The molecule has 1 aromatic rings. The van der Waals surface area contributed by atoms with Crippen molar-refractivity contribution in [3.8, 4) is 0 Å². The number of anilines is 1. The SMILES string of the molecule is CN1c2ccccc2C23C=CC=CC12C3. The summed E-state index contributed by atoms with van der Waals surface area (Å²) in [5.74, 6) is 0. The van der Waals surface area contributed by atoms with Crippen molar-refractivity contribution in [2.45, 2.75) is 17.4 Å². The van der Waals surface area contributed by atoms with Crippen LogP contribution < -0.4 is 4.90 Å². The van der Waals surface area contributed by atoms with Crippen LogP contribution in [0.2, 0.25) is 0 Å². The Morgan fingerprint density at radius 3 is 2.87 bits per heavy atom. The molecule has 1 heterocycles. The van der Waals surface area contributed by atoms with E-state index in [4.69, 9.17) is 0 Å². The van der Waals surface area contributed by atoms with Crippen molar-refractivity contribution < 1.29 is 0 Å². The standard InChI is InChI=1S/C14H13N/c1-15-12-7-3-2-6-11(12)13-8-4-5-9-14(13,15)10-13/h2-9H,10H2,1H3. The first-order chi connectivity index (χ1) is 7.30. The smallest absolute Gasteiger partial charge is 0.0730 e. The molecule has 15 heavy (non-hydrogen) atoms. The molecule has 4 rings (SSSR count). The van der Waals surface area contributed by atoms with Gasteiger partial charge in [-0.3, -0.25) is 0 Å². The van der Waals surface area contributed by atoms with Gasteiger partial charge in [0.15, 0.2) is 0 Å². The fraction of sp³-hybridized carbons (Fsp3) is 0.286. The van der Waals surface area contributed by atoms with Gasteiger partial charge in [0.2, 0.25) is 0 Å². The highest BCUT2D eigenvalue weighted by Crippen LogP contribution is 2.70. The third-order valence-corrected chi connectivity index (χ3v) is 4.40. The molecule has 0 saturated heterocycles. The highest BCUT2D eigenvalue weighted by molar-refractivity contribution is 5.77. The summed E-state index contributed by atoms with van der Waals surface area (Å²) in [6.07, 6.45) is 10.4. The minimum absolute atomic E-state index is 0.269. The van der Waals surface area contributed by atoms with Crippen LogP contribution in [0.25, 0.3) is 0 Å². The number of allylic oxidation sites excluding steroid dienone is 2. The lowest BCUT2D eigenvalue weighted by Crippen LogP contribution is -2.33. The van der Waals surface area contributed by atoms with Gasteiger partial charge in [-0.05, 0) is 18.1 Å². The van der Waals surface area contributed by atoms with E-state index in [2.05, 4.69) is 60.5 Å². The number of fused-ring (bicyclic) bond motifs is 1. The van der Waals surface area contributed by atoms with Gasteiger partial charge in [0.05, 0.1) is 5.54 Å². The van der Waals surface area contributed by atoms with Crippen LogP contribution in [0, 0.1) is 0 Å². The lowest BCUT2D eigenvalue weighted by molar-refractivity contribution is 0.716. The average molecular weight is 195 g/mol. The molecular weight excluding hydrogens is 182 g/mol. The first-order valence-electron chi connectivity index (χ1n) is 5.51. The molecule has 2 aliphatic carbocycles. The van der Waals surface area contributed by atoms with Gasteiger partial charge in [0.25, 0.3) is 0 Å². The number of para-hydroxylation sites is 1. The average Bonchev–Trinajstić information content (AvgIpc) is 2.94. The number of hydrogen-bond donors (Lipinski definition) is 0. The van der Waals surface area contributed by atoms with Crippen molar-refractivity contribution >= 4 is 5.69 Å². The zero-order chi connectivity index (χ0) is 10.1. The second kappa shape index (κ2) is 2.04. The lowest BCUT2D eigenvalue weighted by Gasteiger charge is -2.25. The highest BCUT2D eigenvalue weighted by atomic mass is 15.3. The first kappa shape index (κ1) is 7.75. The summed E-state index contributed by atoms with van der Waals surface area (Å²) in [6.45, 7) is 0. The molecule has 0 bridgehead atoms. The van der Waals surface area contributed by atoms with E-state index in [1.165, 1.54) is 17.7 Å². The Balaban J connectivity index is 2.05. The predicted octanol–water partition coefficient (Wildman–Crippen LogP) is 2.64. The molecule has 0 amide bonds. The molecule has 2 atom stereocenters. The molecule has 0 aromatic heterocycles. The summed E-state index contributed by atoms with van der Waals surface area (Å²) in [7, 11) is 2.22. The minimum Gasteiger partial charge on any atom is -0.364 e. The summed E-state index contributed by atoms with van der Waals surface area (Å²) in [4.78, 5) is 2.45. The van der Waals surface area contributed by atoms with Gasteiger partial charge in [-0.25, -0.2) is 0 Å². The fourth-order valence-electron chi connectivity index (χ4n) is 3.53. The molecule has 1 aromatic carbocycles. The van der Waals surface area contributed by atoms with Gasteiger partial charge >= 0.3 is 0 Å². The van der Waals surface area contributed by atoms with Crippen molar-refractivity contribution in [2.24, 2.45) is 0 Å². The fourth-order valence-corrected chi connectivity index (χ4v) is 3.53. The Labute approximate surface area is 89.7 Å². The number of likely N-dealkylation sites (N-methyl/N-ethyl adjacent to an activating group) is 1. The predicted molar refractivity (Wildman–Crippen MR) is 62.2 cm³/mol. The van der Waals surface area contributed by atoms with Crippen molar-refractivity contribution in [1.82, 2.24) is 0 Å². The number of hydrogen-bond acceptors (Lipinski definition) is 1. The molecule has 74 valence electrons. The summed E-state index contributed by atoms with van der Waals surface area (Å²) in [6, 6.07) is 8.80. The van der Waals surface area contributed by atoms with E-state index in [0.29, 0.717) is 5.41 Å². The van der Waals surface area contributed by atoms with Crippen molar-refractivity contribution in [1.29, 1.82) is 0 Å². The molecule has 2 unspecified atom stereocenters. The van der Waals surface area contributed by atoms with Crippen molar-refractivity contribution in [3.05, 3.63) is 54.1 Å². The Morgan fingerprint density at radius 2 is 1.93 bits per heavy atom. The zero-order valence-corrected chi connectivity index (χ0v) is 8.77. The van der Waals surface area contributed by atoms with Gasteiger partial charge in [0.1, 0.15) is 0 Å². The number of benzene rings is 1. The van der Waals surface area contributed by atoms with Crippen LogP contribution in [0.5, 0.6) is 0 Å². The second-order valence-electron chi connectivity index (χ2n) is 4.87. The van der Waals surface area contributed by atoms with E-state index in [-0.39, 0.29) is 5.54 Å². The second-order valence-corrected chi connectivity index (χ2v) is 4.87. The first-order valence-corrected chi connectivity index (χ1v) is 5.51. The number of rotatable bonds is 0. The van der Waals surface area contributed by atoms with E-state index in [9.17, 15) is 0 Å². The maximum Gasteiger partial charge on any atom is 0.0730 e. The summed E-state index contributed by atoms with van der Waals surface area (Å²) >= 11 is 0. The van der Waals surface area contributed by atoms with E-state index >= 15 is 0 Å². The molecule has 1 saturated carbocycles. The van der Waals surface area contributed by atoms with Crippen molar-refractivity contribution in [2.75, 3.05) is 11.9 Å². The normalized spacial score (nSPS) is 38.6. The largest absolute Gasteiger partial charge is 0.364 e. The van der Waals surface area contributed by atoms with Crippen LogP contribution in [0.3, 0.4) is 0 Å². The molecule has 1 aliphatic heterocycles. The molecule has 1 nitrogen and oxygen atoms in total. The van der Waals surface area contributed by atoms with Crippen LogP contribution in [0.4, 0.5) is 5.69 Å². The van der Waals surface area contributed by atoms with Gasteiger partial charge in [0, 0.05) is 18.2 Å². The topological polar surface area (TPSA) is 3.24 Å². The minimum atomic E-state index is 0.269. The van der Waals surface area contributed by atoms with E-state index in [1.54, 1.807) is 0 Å².